The molecule has 3 saturated heterocycles. The Bertz CT molecular complexity index is 1370. The maximum absolute atomic E-state index is 13.2. The second-order valence-electron chi connectivity index (χ2n) is 13.1. The molecule has 3 fully saturated rings. The van der Waals surface area contributed by atoms with Gasteiger partial charge in [-0.1, -0.05) is 0 Å². The third-order valence-electron chi connectivity index (χ3n) is 8.77. The Morgan fingerprint density at radius 3 is 1.41 bits per heavy atom. The highest BCUT2D eigenvalue weighted by Gasteiger charge is 2.49. The first-order valence-corrected chi connectivity index (χ1v) is 20.2. The number of hydrogen-bond donors (Lipinski definition) is 11. The van der Waals surface area contributed by atoms with Gasteiger partial charge in [-0.15, -0.1) is 0 Å². The van der Waals surface area contributed by atoms with Gasteiger partial charge in [0.1, 0.15) is 76.2 Å². The van der Waals surface area contributed by atoms with E-state index in [1.807, 2.05) is 0 Å². The van der Waals surface area contributed by atoms with Crippen LogP contribution in [0.15, 0.2) is 0 Å². The molecule has 17 atom stereocenters. The molecule has 0 aromatic carbocycles. The van der Waals surface area contributed by atoms with E-state index in [-0.39, 0.29) is 13.2 Å². The molecule has 54 heavy (non-hydrogen) atoms. The summed E-state index contributed by atoms with van der Waals surface area (Å²) in [6.45, 7) is 0.356. The Kier molecular flexibility index (Phi) is 17.3. The lowest BCUT2D eigenvalue weighted by atomic mass is 9.93. The van der Waals surface area contributed by atoms with Gasteiger partial charge in [-0.3, -0.25) is 14.4 Å². The van der Waals surface area contributed by atoms with Crippen molar-refractivity contribution in [3.8, 4) is 0 Å². The average molecular weight is 825 g/mol. The summed E-state index contributed by atoms with van der Waals surface area (Å²) >= 11 is 0. The first-order chi connectivity index (χ1) is 25.1. The van der Waals surface area contributed by atoms with Crippen LogP contribution in [0.5, 0.6) is 0 Å². The van der Waals surface area contributed by atoms with Crippen molar-refractivity contribution < 1.29 is 97.0 Å². The molecule has 0 aliphatic carbocycles. The van der Waals surface area contributed by atoms with E-state index in [1.54, 1.807) is 0 Å². The number of nitrogens with two attached hydrogens (primary N) is 1. The van der Waals surface area contributed by atoms with Gasteiger partial charge in [0.15, 0.2) is 6.29 Å². The van der Waals surface area contributed by atoms with Crippen molar-refractivity contribution in [1.82, 2.24) is 16.0 Å². The standard InChI is InChI=1S/C28H52N4O20P2/c1-11(34)30-19-17(50-14(6-33)22(37)25(19)40)9-53(43,44)48-7-15-23(38)26(41)20(31-12(2)35)18(51-15)10-54(45,46)49-8-16-24(39)27(42)21(32-13(3)36)28(52-16)47-5-4-29/h14-28,33,37-42H,4-10,29H2,1-3H3,(H,30,34)(H,31,35)(H,32,36)(H,43,44)(H,45,46)/p-2/t14?,15?,16?,17-,18-,19?,20?,21?,22-,23-,24-,25+,26+,27+,28+/m0/s1. The first kappa shape index (κ1) is 46.6. The molecule has 314 valence electrons. The number of aliphatic hydroxyl groups is 7. The second kappa shape index (κ2) is 20.1. The molecule has 3 aliphatic rings. The third kappa shape index (κ3) is 12.6. The van der Waals surface area contributed by atoms with Gasteiger partial charge >= 0.3 is 0 Å². The van der Waals surface area contributed by atoms with Crippen LogP contribution in [0, 0.1) is 0 Å². The van der Waals surface area contributed by atoms with Crippen LogP contribution < -0.4 is 31.5 Å². The zero-order valence-corrected chi connectivity index (χ0v) is 31.3. The fourth-order valence-electron chi connectivity index (χ4n) is 6.22. The van der Waals surface area contributed by atoms with Crippen LogP contribution in [0.2, 0.25) is 0 Å². The summed E-state index contributed by atoms with van der Waals surface area (Å²) < 4.78 is 58.3. The predicted molar refractivity (Wildman–Crippen MR) is 174 cm³/mol. The number of carbonyl (C=O) groups is 3. The SMILES string of the molecule is CC(=O)NC1[C@H](OCCN)OC(COP(=O)([O-])C[C@@H]2OC(COP(=O)([O-])C[C@@H]3OC(CO)[C@H](O)[C@H](O)C3NC(C)=O)[C@H](O)[C@H](O)C2NC(C)=O)[C@H](O)[C@@H]1O. The molecule has 0 spiro atoms. The zero-order valence-electron chi connectivity index (χ0n) is 29.5. The Morgan fingerprint density at radius 2 is 1.00 bits per heavy atom. The lowest BCUT2D eigenvalue weighted by Gasteiger charge is -2.46. The number of ether oxygens (including phenoxy) is 4. The molecule has 12 N–H and O–H groups in total. The average Bonchev–Trinajstić information content (AvgIpc) is 3.07. The normalized spacial score (nSPS) is 39.5. The van der Waals surface area contributed by atoms with Crippen molar-refractivity contribution in [2.75, 3.05) is 45.3 Å². The van der Waals surface area contributed by atoms with Crippen LogP contribution in [-0.2, 0) is 51.5 Å². The Morgan fingerprint density at radius 1 is 0.630 bits per heavy atom. The minimum Gasteiger partial charge on any atom is -0.778 e. The summed E-state index contributed by atoms with van der Waals surface area (Å²) in [6.07, 6.45) is -22.4. The van der Waals surface area contributed by atoms with Crippen molar-refractivity contribution in [3.05, 3.63) is 0 Å². The predicted octanol–water partition coefficient (Wildman–Crippen LogP) is -7.97. The lowest BCUT2D eigenvalue weighted by Crippen LogP contribution is -2.65. The molecular formula is C28H50N4O20P2-2. The minimum atomic E-state index is -5.12. The van der Waals surface area contributed by atoms with Crippen molar-refractivity contribution in [2.24, 2.45) is 5.73 Å². The van der Waals surface area contributed by atoms with E-state index < -0.39 is 157 Å². The van der Waals surface area contributed by atoms with Gasteiger partial charge in [0, 0.05) is 39.6 Å². The molecule has 0 bridgehead atoms. The lowest BCUT2D eigenvalue weighted by molar-refractivity contribution is -0.272. The van der Waals surface area contributed by atoms with E-state index >= 15 is 0 Å². The number of nitrogens with one attached hydrogen (secondary N) is 3. The van der Waals surface area contributed by atoms with E-state index in [1.165, 1.54) is 0 Å². The summed E-state index contributed by atoms with van der Waals surface area (Å²) in [7, 11) is -10.2. The van der Waals surface area contributed by atoms with Gasteiger partial charge in [0.05, 0.1) is 50.7 Å². The number of rotatable bonds is 17. The van der Waals surface area contributed by atoms with Crippen LogP contribution in [0.4, 0.5) is 0 Å². The minimum absolute atomic E-state index is 0.00618. The molecule has 0 saturated carbocycles. The zero-order chi connectivity index (χ0) is 40.7. The highest BCUT2D eigenvalue weighted by Crippen LogP contribution is 2.44. The second-order valence-corrected chi connectivity index (χ2v) is 16.8. The molecule has 3 aliphatic heterocycles. The largest absolute Gasteiger partial charge is 0.778 e. The highest BCUT2D eigenvalue weighted by molar-refractivity contribution is 7.51. The summed E-state index contributed by atoms with van der Waals surface area (Å²) in [5, 5.41) is 80.0. The van der Waals surface area contributed by atoms with Gasteiger partial charge in [0.2, 0.25) is 17.7 Å². The molecule has 3 heterocycles. The van der Waals surface area contributed by atoms with Crippen LogP contribution in [0.25, 0.3) is 0 Å². The molecule has 3 rings (SSSR count). The van der Waals surface area contributed by atoms with Crippen LogP contribution in [0.1, 0.15) is 20.8 Å². The molecule has 0 radical (unpaired) electrons. The van der Waals surface area contributed by atoms with E-state index in [4.69, 9.17) is 33.7 Å². The maximum Gasteiger partial charge on any atom is 0.217 e. The summed E-state index contributed by atoms with van der Waals surface area (Å²) in [5.41, 5.74) is 5.45. The number of amides is 3. The molecule has 0 aromatic heterocycles. The Labute approximate surface area is 309 Å². The summed E-state index contributed by atoms with van der Waals surface area (Å²) in [4.78, 5) is 61.5. The molecule has 8 unspecified atom stereocenters. The van der Waals surface area contributed by atoms with Crippen molar-refractivity contribution in [2.45, 2.75) is 112 Å². The fourth-order valence-corrected chi connectivity index (χ4v) is 8.68. The molecule has 24 nitrogen and oxygen atoms in total. The summed E-state index contributed by atoms with van der Waals surface area (Å²) in [5.74, 6) is -2.09. The summed E-state index contributed by atoms with van der Waals surface area (Å²) in [6, 6.07) is -4.33. The smallest absolute Gasteiger partial charge is 0.217 e. The van der Waals surface area contributed by atoms with E-state index in [0.29, 0.717) is 0 Å². The van der Waals surface area contributed by atoms with Crippen molar-refractivity contribution >= 4 is 32.9 Å². The third-order valence-corrected chi connectivity index (χ3v) is 11.5. The number of hydrogen-bond acceptors (Lipinski definition) is 21. The Hall–Kier alpha value is -1.77. The van der Waals surface area contributed by atoms with Crippen LogP contribution in [0.3, 0.4) is 0 Å². The van der Waals surface area contributed by atoms with E-state index in [2.05, 4.69) is 16.0 Å². The fraction of sp³-hybridized carbons (Fsp3) is 0.893. The Balaban J connectivity index is 1.72. The van der Waals surface area contributed by atoms with Gasteiger partial charge in [-0.2, -0.15) is 0 Å². The topological polar surface area (TPSA) is 391 Å². The van der Waals surface area contributed by atoms with Crippen molar-refractivity contribution in [3.63, 3.8) is 0 Å². The first-order valence-electron chi connectivity index (χ1n) is 16.8. The monoisotopic (exact) mass is 824 g/mol. The molecule has 26 heteroatoms. The highest BCUT2D eigenvalue weighted by atomic mass is 31.2. The molecular weight excluding hydrogens is 774 g/mol. The van der Waals surface area contributed by atoms with Crippen molar-refractivity contribution in [1.29, 1.82) is 0 Å². The van der Waals surface area contributed by atoms with Gasteiger partial charge in [0.25, 0.3) is 0 Å². The van der Waals surface area contributed by atoms with Gasteiger partial charge in [-0.05, 0) is 0 Å². The quantitative estimate of drug-likeness (QED) is 0.0607. The molecule has 3 amide bonds. The van der Waals surface area contributed by atoms with E-state index in [0.717, 1.165) is 20.8 Å². The molecule has 0 aromatic rings. The van der Waals surface area contributed by atoms with Gasteiger partial charge in [-0.25, -0.2) is 0 Å². The van der Waals surface area contributed by atoms with Crippen LogP contribution in [-0.4, -0.2) is 190 Å². The van der Waals surface area contributed by atoms with E-state index in [9.17, 15) is 69.0 Å². The number of carbonyl (C=O) groups excluding carboxylic acids is 3. The van der Waals surface area contributed by atoms with Gasteiger partial charge < -0.3 is 104 Å². The van der Waals surface area contributed by atoms with Crippen LogP contribution >= 0.6 is 15.2 Å². The maximum atomic E-state index is 13.2. The number of aliphatic hydroxyl groups excluding tert-OH is 7.